The molecule has 5 nitrogen and oxygen atoms in total. The fourth-order valence-electron chi connectivity index (χ4n) is 3.54. The van der Waals surface area contributed by atoms with Gasteiger partial charge in [0.05, 0.1) is 5.75 Å². The molecule has 0 aliphatic heterocycles. The van der Waals surface area contributed by atoms with Gasteiger partial charge in [0.25, 0.3) is 0 Å². The molecule has 2 fully saturated rings. The first-order chi connectivity index (χ1) is 10.6. The van der Waals surface area contributed by atoms with Crippen LogP contribution in [0, 0.1) is 17.8 Å². The van der Waals surface area contributed by atoms with Crippen LogP contribution in [0.15, 0.2) is 30.3 Å². The molecule has 0 bridgehead atoms. The second-order valence-electron chi connectivity index (χ2n) is 6.22. The molecule has 2 aliphatic rings. The predicted molar refractivity (Wildman–Crippen MR) is 85.8 cm³/mol. The lowest BCUT2D eigenvalue weighted by atomic mass is 10.0. The van der Waals surface area contributed by atoms with Crippen LogP contribution in [0.3, 0.4) is 0 Å². The minimum absolute atomic E-state index is 0.0341. The van der Waals surface area contributed by atoms with Gasteiger partial charge in [-0.05, 0) is 36.8 Å². The lowest BCUT2D eigenvalue weighted by molar-refractivity contribution is -0.122. The Morgan fingerprint density at radius 1 is 1.09 bits per heavy atom. The van der Waals surface area contributed by atoms with Crippen molar-refractivity contribution in [1.29, 1.82) is 0 Å². The Morgan fingerprint density at radius 2 is 1.73 bits per heavy atom. The summed E-state index contributed by atoms with van der Waals surface area (Å²) in [7, 11) is -3.43. The van der Waals surface area contributed by atoms with E-state index in [0.717, 1.165) is 12.8 Å². The summed E-state index contributed by atoms with van der Waals surface area (Å²) in [5.74, 6) is 1.16. The van der Waals surface area contributed by atoms with E-state index < -0.39 is 10.0 Å². The second kappa shape index (κ2) is 6.28. The topological polar surface area (TPSA) is 75.3 Å². The maximum absolute atomic E-state index is 12.1. The zero-order chi connectivity index (χ0) is 15.6. The maximum Gasteiger partial charge on any atom is 0.234 e. The Hall–Kier alpha value is -1.56. The highest BCUT2D eigenvalue weighted by atomic mass is 32.2. The van der Waals surface area contributed by atoms with E-state index in [9.17, 15) is 13.2 Å². The van der Waals surface area contributed by atoms with E-state index in [-0.39, 0.29) is 24.1 Å². The number of hydrogen-bond donors (Lipinski definition) is 2. The highest BCUT2D eigenvalue weighted by Gasteiger charge is 2.54. The number of benzene rings is 1. The monoisotopic (exact) mass is 322 g/mol. The minimum atomic E-state index is -3.43. The number of para-hydroxylation sites is 1. The number of sulfonamides is 1. The van der Waals surface area contributed by atoms with Crippen LogP contribution in [0.2, 0.25) is 0 Å². The summed E-state index contributed by atoms with van der Waals surface area (Å²) < 4.78 is 26.4. The molecule has 3 rings (SSSR count). The van der Waals surface area contributed by atoms with Crippen molar-refractivity contribution in [2.45, 2.75) is 25.7 Å². The van der Waals surface area contributed by atoms with E-state index in [4.69, 9.17) is 0 Å². The number of hydrogen-bond acceptors (Lipinski definition) is 3. The molecule has 1 aromatic carbocycles. The molecule has 22 heavy (non-hydrogen) atoms. The van der Waals surface area contributed by atoms with E-state index in [1.165, 1.54) is 12.8 Å². The van der Waals surface area contributed by atoms with Crippen LogP contribution in [0.1, 0.15) is 25.7 Å². The van der Waals surface area contributed by atoms with Crippen LogP contribution in [0.25, 0.3) is 0 Å². The number of amides is 1. The molecule has 2 N–H and O–H groups in total. The Bertz CT molecular complexity index is 618. The van der Waals surface area contributed by atoms with Gasteiger partial charge in [-0.3, -0.25) is 9.52 Å². The SMILES string of the molecule is O=C(NCCS(=O)(=O)Nc1ccccc1)C1[C@H]2CCCC[C@@H]12. The third kappa shape index (κ3) is 3.61. The van der Waals surface area contributed by atoms with Gasteiger partial charge in [0.1, 0.15) is 0 Å². The average molecular weight is 322 g/mol. The summed E-state index contributed by atoms with van der Waals surface area (Å²) in [5.41, 5.74) is 0.544. The van der Waals surface area contributed by atoms with Crippen LogP contribution < -0.4 is 10.0 Å². The van der Waals surface area contributed by atoms with E-state index in [1.54, 1.807) is 24.3 Å². The van der Waals surface area contributed by atoms with Crippen LogP contribution in [0.4, 0.5) is 5.69 Å². The number of nitrogens with one attached hydrogen (secondary N) is 2. The average Bonchev–Trinajstić information content (AvgIpc) is 3.22. The van der Waals surface area contributed by atoms with E-state index in [1.807, 2.05) is 6.07 Å². The van der Waals surface area contributed by atoms with Crippen LogP contribution >= 0.6 is 0 Å². The highest BCUT2D eigenvalue weighted by Crippen LogP contribution is 2.55. The summed E-state index contributed by atoms with van der Waals surface area (Å²) in [6.07, 6.45) is 4.74. The largest absolute Gasteiger partial charge is 0.355 e. The molecule has 1 amide bonds. The zero-order valence-electron chi connectivity index (χ0n) is 12.5. The first-order valence-electron chi connectivity index (χ1n) is 7.90. The van der Waals surface area contributed by atoms with Crippen LogP contribution in [-0.4, -0.2) is 26.6 Å². The van der Waals surface area contributed by atoms with Crippen molar-refractivity contribution >= 4 is 21.6 Å². The molecule has 120 valence electrons. The van der Waals surface area contributed by atoms with E-state index in [2.05, 4.69) is 10.0 Å². The fourth-order valence-corrected chi connectivity index (χ4v) is 4.51. The highest BCUT2D eigenvalue weighted by molar-refractivity contribution is 7.92. The predicted octanol–water partition coefficient (Wildman–Crippen LogP) is 1.98. The summed E-state index contributed by atoms with van der Waals surface area (Å²) >= 11 is 0. The second-order valence-corrected chi connectivity index (χ2v) is 8.06. The minimum Gasteiger partial charge on any atom is -0.355 e. The van der Waals surface area contributed by atoms with E-state index >= 15 is 0 Å². The lowest BCUT2D eigenvalue weighted by Gasteiger charge is -2.08. The third-order valence-corrected chi connectivity index (χ3v) is 5.96. The van der Waals surface area contributed by atoms with Crippen molar-refractivity contribution < 1.29 is 13.2 Å². The van der Waals surface area contributed by atoms with Crippen LogP contribution in [0.5, 0.6) is 0 Å². The summed E-state index contributed by atoms with van der Waals surface area (Å²) in [6, 6.07) is 8.77. The smallest absolute Gasteiger partial charge is 0.234 e. The molecular formula is C16H22N2O3S. The first kappa shape index (κ1) is 15.3. The van der Waals surface area contributed by atoms with Crippen molar-refractivity contribution in [1.82, 2.24) is 5.32 Å². The molecule has 3 atom stereocenters. The van der Waals surface area contributed by atoms with Crippen molar-refractivity contribution in [2.75, 3.05) is 17.0 Å². The molecule has 1 unspecified atom stereocenters. The molecule has 0 spiro atoms. The Kier molecular flexibility index (Phi) is 4.38. The van der Waals surface area contributed by atoms with Gasteiger partial charge in [0.15, 0.2) is 0 Å². The molecule has 0 radical (unpaired) electrons. The standard InChI is InChI=1S/C16H22N2O3S/c19-16(15-13-8-4-5-9-14(13)15)17-10-11-22(20,21)18-12-6-2-1-3-7-12/h1-3,6-7,13-15,18H,4-5,8-11H2,(H,17,19)/t13-,14+,15?. The van der Waals surface area contributed by atoms with Gasteiger partial charge >= 0.3 is 0 Å². The molecule has 0 saturated heterocycles. The number of carbonyl (C=O) groups is 1. The van der Waals surface area contributed by atoms with Crippen molar-refractivity contribution in [3.05, 3.63) is 30.3 Å². The molecule has 0 aromatic heterocycles. The Labute approximate surface area is 131 Å². The van der Waals surface area contributed by atoms with Gasteiger partial charge in [0, 0.05) is 18.2 Å². The van der Waals surface area contributed by atoms with Gasteiger partial charge < -0.3 is 5.32 Å². The molecule has 2 aliphatic carbocycles. The summed E-state index contributed by atoms with van der Waals surface area (Å²) in [6.45, 7) is 0.164. The zero-order valence-corrected chi connectivity index (χ0v) is 13.3. The number of anilines is 1. The van der Waals surface area contributed by atoms with Gasteiger partial charge in [-0.2, -0.15) is 0 Å². The van der Waals surface area contributed by atoms with Gasteiger partial charge in [-0.15, -0.1) is 0 Å². The first-order valence-corrected chi connectivity index (χ1v) is 9.55. The number of fused-ring (bicyclic) bond motifs is 1. The fraction of sp³-hybridized carbons (Fsp3) is 0.562. The van der Waals surface area contributed by atoms with Crippen molar-refractivity contribution in [3.63, 3.8) is 0 Å². The van der Waals surface area contributed by atoms with Crippen molar-refractivity contribution in [2.24, 2.45) is 17.8 Å². The lowest BCUT2D eigenvalue weighted by Crippen LogP contribution is -2.32. The van der Waals surface area contributed by atoms with E-state index in [0.29, 0.717) is 17.5 Å². The molecule has 0 heterocycles. The quantitative estimate of drug-likeness (QED) is 0.841. The van der Waals surface area contributed by atoms with Gasteiger partial charge in [-0.1, -0.05) is 31.0 Å². The number of rotatable bonds is 6. The number of carbonyl (C=O) groups excluding carboxylic acids is 1. The molecular weight excluding hydrogens is 300 g/mol. The Morgan fingerprint density at radius 3 is 2.36 bits per heavy atom. The van der Waals surface area contributed by atoms with Crippen molar-refractivity contribution in [3.8, 4) is 0 Å². The maximum atomic E-state index is 12.1. The molecule has 1 aromatic rings. The Balaban J connectivity index is 1.43. The normalized spacial score (nSPS) is 26.8. The summed E-state index contributed by atoms with van der Waals surface area (Å²) in [5, 5.41) is 2.78. The van der Waals surface area contributed by atoms with Crippen LogP contribution in [-0.2, 0) is 14.8 Å². The third-order valence-electron chi connectivity index (χ3n) is 4.68. The van der Waals surface area contributed by atoms with Gasteiger partial charge in [-0.25, -0.2) is 8.42 Å². The molecule has 2 saturated carbocycles. The van der Waals surface area contributed by atoms with Gasteiger partial charge in [0.2, 0.25) is 15.9 Å². The summed E-state index contributed by atoms with van der Waals surface area (Å²) in [4.78, 5) is 12.1. The molecule has 6 heteroatoms.